The van der Waals surface area contributed by atoms with E-state index in [-0.39, 0.29) is 11.9 Å². The average molecular weight is 384 g/mol. The Morgan fingerprint density at radius 1 is 1.50 bits per heavy atom. The predicted octanol–water partition coefficient (Wildman–Crippen LogP) is 1.83. The number of amides is 1. The summed E-state index contributed by atoms with van der Waals surface area (Å²) in [5.74, 6) is -0.431. The molecule has 1 amide bonds. The van der Waals surface area contributed by atoms with Crippen LogP contribution < -0.4 is 5.32 Å². The van der Waals surface area contributed by atoms with Crippen molar-refractivity contribution in [1.29, 1.82) is 0 Å². The highest BCUT2D eigenvalue weighted by Gasteiger charge is 2.13. The van der Waals surface area contributed by atoms with Gasteiger partial charge in [0.2, 0.25) is 0 Å². The van der Waals surface area contributed by atoms with Crippen molar-refractivity contribution in [3.8, 4) is 0 Å². The van der Waals surface area contributed by atoms with E-state index in [1.54, 1.807) is 18.2 Å². The standard InChI is InChI=1S/C12H11IN4O3/c13-10-3-1-2-9(8-10)11(18)14-4-6-16-7-5-15-12(16)17(19)20/h1-3,5,7-8H,4,6H2,(H,14,18)/i13-2. The summed E-state index contributed by atoms with van der Waals surface area (Å²) in [6, 6.07) is 7.19. The lowest BCUT2D eigenvalue weighted by molar-refractivity contribution is -0.396. The molecule has 2 rings (SSSR count). The van der Waals surface area contributed by atoms with Crippen LogP contribution in [0.4, 0.5) is 5.95 Å². The quantitative estimate of drug-likeness (QED) is 0.484. The van der Waals surface area contributed by atoms with Crippen molar-refractivity contribution in [2.75, 3.05) is 6.54 Å². The normalized spacial score (nSPS) is 10.2. The number of aromatic nitrogens is 2. The minimum absolute atomic E-state index is 0.203. The molecule has 20 heavy (non-hydrogen) atoms. The minimum Gasteiger partial charge on any atom is -0.390 e. The van der Waals surface area contributed by atoms with Gasteiger partial charge in [-0.05, 0) is 45.7 Å². The molecule has 0 aliphatic rings. The van der Waals surface area contributed by atoms with Crippen LogP contribution in [-0.2, 0) is 6.54 Å². The van der Waals surface area contributed by atoms with Crippen LogP contribution >= 0.6 is 22.6 Å². The number of imidazole rings is 1. The lowest BCUT2D eigenvalue weighted by atomic mass is 10.2. The van der Waals surface area contributed by atoms with Crippen LogP contribution in [0.3, 0.4) is 0 Å². The Kier molecular flexibility index (Phi) is 4.66. The van der Waals surface area contributed by atoms with Crippen LogP contribution in [0.1, 0.15) is 10.4 Å². The largest absolute Gasteiger partial charge is 0.434 e. The van der Waals surface area contributed by atoms with E-state index >= 15 is 0 Å². The maximum Gasteiger partial charge on any atom is 0.434 e. The molecule has 0 bridgehead atoms. The molecule has 1 N–H and O–H groups in total. The van der Waals surface area contributed by atoms with E-state index in [2.05, 4.69) is 32.9 Å². The van der Waals surface area contributed by atoms with E-state index in [0.29, 0.717) is 18.7 Å². The van der Waals surface area contributed by atoms with E-state index < -0.39 is 4.92 Å². The monoisotopic (exact) mass is 384 g/mol. The van der Waals surface area contributed by atoms with E-state index in [1.165, 1.54) is 17.0 Å². The van der Waals surface area contributed by atoms with Crippen molar-refractivity contribution >= 4 is 34.4 Å². The summed E-state index contributed by atoms with van der Waals surface area (Å²) in [5, 5.41) is 13.4. The summed E-state index contributed by atoms with van der Waals surface area (Å²) >= 11 is 2.13. The van der Waals surface area contributed by atoms with Crippen LogP contribution in [0.25, 0.3) is 0 Å². The minimum atomic E-state index is -0.554. The van der Waals surface area contributed by atoms with E-state index in [4.69, 9.17) is 0 Å². The molecule has 0 spiro atoms. The maximum atomic E-state index is 11.9. The first-order valence-electron chi connectivity index (χ1n) is 5.77. The number of carbonyl (C=O) groups excluding carboxylic acids is 1. The molecule has 0 atom stereocenters. The van der Waals surface area contributed by atoms with Crippen LogP contribution in [0, 0.1) is 13.7 Å². The second-order valence-corrected chi connectivity index (χ2v) is 5.19. The van der Waals surface area contributed by atoms with Gasteiger partial charge < -0.3 is 15.4 Å². The maximum absolute atomic E-state index is 11.9. The first-order valence-corrected chi connectivity index (χ1v) is 6.85. The van der Waals surface area contributed by atoms with E-state index in [1.807, 2.05) is 6.07 Å². The Labute approximate surface area is 128 Å². The second-order valence-electron chi connectivity index (χ2n) is 3.94. The number of carbonyl (C=O) groups is 1. The molecule has 104 valence electrons. The van der Waals surface area contributed by atoms with Crippen LogP contribution in [0.5, 0.6) is 0 Å². The van der Waals surface area contributed by atoms with Gasteiger partial charge in [0.05, 0.1) is 6.54 Å². The third-order valence-electron chi connectivity index (χ3n) is 2.58. The molecule has 0 saturated carbocycles. The highest BCUT2D eigenvalue weighted by atomic mass is 125. The first kappa shape index (κ1) is 14.4. The van der Waals surface area contributed by atoms with Gasteiger partial charge in [-0.3, -0.25) is 4.79 Å². The fourth-order valence-electron chi connectivity index (χ4n) is 1.67. The Morgan fingerprint density at radius 3 is 3.00 bits per heavy atom. The number of hydrogen-bond donors (Lipinski definition) is 1. The van der Waals surface area contributed by atoms with Crippen molar-refractivity contribution < 1.29 is 9.72 Å². The molecule has 8 heteroatoms. The highest BCUT2D eigenvalue weighted by Crippen LogP contribution is 2.08. The predicted molar refractivity (Wildman–Crippen MR) is 80.4 cm³/mol. The van der Waals surface area contributed by atoms with E-state index in [9.17, 15) is 14.9 Å². The zero-order valence-corrected chi connectivity index (χ0v) is 12.5. The molecular weight excluding hydrogens is 373 g/mol. The van der Waals surface area contributed by atoms with Crippen LogP contribution in [-0.4, -0.2) is 26.9 Å². The molecule has 1 aromatic heterocycles. The number of halogens is 1. The number of rotatable bonds is 5. The summed E-state index contributed by atoms with van der Waals surface area (Å²) < 4.78 is 2.36. The summed E-state index contributed by atoms with van der Waals surface area (Å²) in [4.78, 5) is 25.6. The van der Waals surface area contributed by atoms with Gasteiger partial charge in [0.25, 0.3) is 5.91 Å². The molecule has 0 unspecified atom stereocenters. The van der Waals surface area contributed by atoms with Crippen molar-refractivity contribution in [2.45, 2.75) is 6.54 Å². The molecule has 1 aromatic carbocycles. The number of benzene rings is 1. The fraction of sp³-hybridized carbons (Fsp3) is 0.167. The molecular formula is C12H11IN4O3. The smallest absolute Gasteiger partial charge is 0.390 e. The van der Waals surface area contributed by atoms with Gasteiger partial charge in [-0.1, -0.05) is 11.1 Å². The number of nitrogens with one attached hydrogen (secondary N) is 1. The van der Waals surface area contributed by atoms with Crippen molar-refractivity contribution in [2.24, 2.45) is 0 Å². The van der Waals surface area contributed by atoms with Gasteiger partial charge in [-0.2, -0.15) is 0 Å². The Bertz CT molecular complexity index is 641. The van der Waals surface area contributed by atoms with Gasteiger partial charge >= 0.3 is 5.95 Å². The van der Waals surface area contributed by atoms with Gasteiger partial charge in [0.15, 0.2) is 0 Å². The van der Waals surface area contributed by atoms with Crippen molar-refractivity contribution in [3.63, 3.8) is 0 Å². The first-order chi connectivity index (χ1) is 9.58. The van der Waals surface area contributed by atoms with Gasteiger partial charge in [0, 0.05) is 15.7 Å². The van der Waals surface area contributed by atoms with Crippen LogP contribution in [0.2, 0.25) is 0 Å². The lowest BCUT2D eigenvalue weighted by Gasteiger charge is -2.05. The Balaban J connectivity index is 1.91. The molecule has 0 radical (unpaired) electrons. The number of nitrogens with zero attached hydrogens (tertiary/aromatic N) is 3. The Hall–Kier alpha value is -1.97. The third-order valence-corrected chi connectivity index (χ3v) is 3.25. The molecule has 0 aliphatic heterocycles. The van der Waals surface area contributed by atoms with Gasteiger partial charge in [-0.15, -0.1) is 0 Å². The summed E-state index contributed by atoms with van der Waals surface area (Å²) in [6.07, 6.45) is 2.87. The van der Waals surface area contributed by atoms with E-state index in [0.717, 1.165) is 3.57 Å². The molecule has 0 fully saturated rings. The van der Waals surface area contributed by atoms with Gasteiger partial charge in [-0.25, -0.2) is 4.57 Å². The lowest BCUT2D eigenvalue weighted by Crippen LogP contribution is -2.27. The second kappa shape index (κ2) is 6.46. The topological polar surface area (TPSA) is 90.1 Å². The number of nitro groups is 1. The molecule has 2 aromatic rings. The van der Waals surface area contributed by atoms with Crippen LogP contribution in [0.15, 0.2) is 36.7 Å². The number of hydrogen-bond acceptors (Lipinski definition) is 4. The molecule has 0 aliphatic carbocycles. The summed E-state index contributed by atoms with van der Waals surface area (Å²) in [5.41, 5.74) is 0.567. The third kappa shape index (κ3) is 3.53. The summed E-state index contributed by atoms with van der Waals surface area (Å²) in [6.45, 7) is 0.591. The zero-order valence-electron chi connectivity index (χ0n) is 10.3. The molecule has 0 saturated heterocycles. The molecule has 7 nitrogen and oxygen atoms in total. The zero-order chi connectivity index (χ0) is 14.5. The summed E-state index contributed by atoms with van der Waals surface area (Å²) in [7, 11) is 0. The van der Waals surface area contributed by atoms with Crippen molar-refractivity contribution in [1.82, 2.24) is 14.9 Å². The van der Waals surface area contributed by atoms with Crippen molar-refractivity contribution in [3.05, 3.63) is 55.9 Å². The average Bonchev–Trinajstić information content (AvgIpc) is 2.87. The SMILES string of the molecule is O=C(NCCn1ccnc1[N+](=O)[O-])c1cccc([125I])c1. The molecule has 1 heterocycles. The fourth-order valence-corrected chi connectivity index (χ4v) is 2.21. The Morgan fingerprint density at radius 2 is 2.30 bits per heavy atom. The van der Waals surface area contributed by atoms with Gasteiger partial charge in [0.1, 0.15) is 12.4 Å². The highest BCUT2D eigenvalue weighted by molar-refractivity contribution is 14.1.